The van der Waals surface area contributed by atoms with Crippen molar-refractivity contribution in [3.05, 3.63) is 0 Å². The molecular weight excluding hydrogens is 238 g/mol. The molecule has 2 spiro atoms. The normalized spacial score (nSPS) is 28.4. The molecule has 1 heterocycles. The lowest BCUT2D eigenvalue weighted by molar-refractivity contribution is 0.0838. The molecule has 2 amide bonds. The summed E-state index contributed by atoms with van der Waals surface area (Å²) >= 11 is 0. The van der Waals surface area contributed by atoms with E-state index < -0.39 is 0 Å². The summed E-state index contributed by atoms with van der Waals surface area (Å²) in [4.78, 5) is 18.0. The van der Waals surface area contributed by atoms with E-state index in [-0.39, 0.29) is 11.6 Å². The van der Waals surface area contributed by atoms with Gasteiger partial charge in [-0.15, -0.1) is 0 Å². The topological polar surface area (TPSA) is 58.7 Å². The molecule has 4 nitrogen and oxygen atoms in total. The number of amides is 2. The highest BCUT2D eigenvalue weighted by Crippen LogP contribution is 2.53. The molecule has 0 radical (unpaired) electrons. The zero-order valence-corrected chi connectivity index (χ0v) is 12.0. The molecule has 19 heavy (non-hydrogen) atoms. The Balaban J connectivity index is 1.80. The number of carbonyl (C=O) groups is 1. The maximum atomic E-state index is 12.0. The van der Waals surface area contributed by atoms with Gasteiger partial charge >= 0.3 is 6.03 Å². The third kappa shape index (κ3) is 1.87. The summed E-state index contributed by atoms with van der Waals surface area (Å²) in [5, 5.41) is 0. The van der Waals surface area contributed by atoms with Crippen molar-refractivity contribution in [3.63, 3.8) is 0 Å². The van der Waals surface area contributed by atoms with E-state index in [9.17, 15) is 4.79 Å². The zero-order valence-electron chi connectivity index (χ0n) is 12.0. The number of hydrogen-bond donors (Lipinski definition) is 1. The Bertz CT molecular complexity index is 400. The van der Waals surface area contributed by atoms with Crippen LogP contribution in [0.2, 0.25) is 0 Å². The summed E-state index contributed by atoms with van der Waals surface area (Å²) in [6.45, 7) is 2.90. The molecule has 1 aliphatic heterocycles. The van der Waals surface area contributed by atoms with Gasteiger partial charge in [-0.3, -0.25) is 0 Å². The first-order valence-corrected chi connectivity index (χ1v) is 7.78. The van der Waals surface area contributed by atoms with E-state index in [1.165, 1.54) is 38.5 Å². The maximum absolute atomic E-state index is 12.0. The van der Waals surface area contributed by atoms with Gasteiger partial charge < -0.3 is 10.6 Å². The summed E-state index contributed by atoms with van der Waals surface area (Å²) < 4.78 is 0. The van der Waals surface area contributed by atoms with Crippen LogP contribution in [-0.4, -0.2) is 28.9 Å². The number of amidine groups is 1. The quantitative estimate of drug-likeness (QED) is 0.832. The number of rotatable bonds is 2. The van der Waals surface area contributed by atoms with E-state index in [1.54, 1.807) is 0 Å². The van der Waals surface area contributed by atoms with E-state index in [4.69, 9.17) is 5.73 Å². The average Bonchev–Trinajstić information content (AvgIpc) is 2.93. The van der Waals surface area contributed by atoms with Crippen LogP contribution in [0.15, 0.2) is 4.99 Å². The Labute approximate surface area is 115 Å². The Kier molecular flexibility index (Phi) is 3.06. The van der Waals surface area contributed by atoms with E-state index in [2.05, 4.69) is 11.9 Å². The predicted octanol–water partition coefficient (Wildman–Crippen LogP) is 3.06. The van der Waals surface area contributed by atoms with Gasteiger partial charge in [-0.05, 0) is 50.4 Å². The lowest BCUT2D eigenvalue weighted by Crippen LogP contribution is -2.57. The summed E-state index contributed by atoms with van der Waals surface area (Å²) in [5.41, 5.74) is 6.46. The van der Waals surface area contributed by atoms with Crippen LogP contribution in [0, 0.1) is 5.41 Å². The molecular formula is C15H25N3O. The molecule has 0 unspecified atom stereocenters. The predicted molar refractivity (Wildman–Crippen MR) is 76.1 cm³/mol. The first-order valence-electron chi connectivity index (χ1n) is 7.78. The molecule has 106 valence electrons. The van der Waals surface area contributed by atoms with Gasteiger partial charge in [0.15, 0.2) is 0 Å². The van der Waals surface area contributed by atoms with E-state index in [0.29, 0.717) is 11.3 Å². The first kappa shape index (κ1) is 12.9. The minimum atomic E-state index is -0.235. The minimum absolute atomic E-state index is 0.110. The van der Waals surface area contributed by atoms with Gasteiger partial charge in [-0.25, -0.2) is 4.79 Å². The summed E-state index contributed by atoms with van der Waals surface area (Å²) in [7, 11) is 0. The second-order valence-corrected chi connectivity index (χ2v) is 6.67. The van der Waals surface area contributed by atoms with Gasteiger partial charge in [0.05, 0.1) is 0 Å². The second kappa shape index (κ2) is 4.50. The smallest absolute Gasteiger partial charge is 0.346 e. The molecule has 2 fully saturated rings. The first-order chi connectivity index (χ1) is 9.12. The van der Waals surface area contributed by atoms with Crippen molar-refractivity contribution in [2.75, 3.05) is 6.54 Å². The lowest BCUT2D eigenvalue weighted by Gasteiger charge is -2.47. The Morgan fingerprint density at radius 1 is 1.16 bits per heavy atom. The van der Waals surface area contributed by atoms with E-state index >= 15 is 0 Å². The molecule has 0 saturated heterocycles. The molecule has 2 saturated carbocycles. The van der Waals surface area contributed by atoms with Crippen LogP contribution in [0.5, 0.6) is 0 Å². The average molecular weight is 263 g/mol. The fourth-order valence-corrected chi connectivity index (χ4v) is 4.47. The number of nitrogens with two attached hydrogens (primary N) is 1. The Morgan fingerprint density at radius 3 is 2.37 bits per heavy atom. The van der Waals surface area contributed by atoms with Crippen LogP contribution in [0.25, 0.3) is 0 Å². The number of hydrogen-bond acceptors (Lipinski definition) is 2. The molecule has 0 aromatic rings. The molecule has 2 N–H and O–H groups in total. The molecule has 0 atom stereocenters. The fraction of sp³-hybridized carbons (Fsp3) is 0.867. The maximum Gasteiger partial charge on any atom is 0.346 e. The number of urea groups is 1. The second-order valence-electron chi connectivity index (χ2n) is 6.67. The summed E-state index contributed by atoms with van der Waals surface area (Å²) in [6.07, 6.45) is 11.0. The van der Waals surface area contributed by atoms with Gasteiger partial charge in [-0.2, -0.15) is 4.99 Å². The molecule has 4 heteroatoms. The molecule has 3 aliphatic rings. The SMILES string of the molecule is CCCN1C(=O)N=C(N)C12CCC1(CCCC1)CC2. The van der Waals surface area contributed by atoms with Crippen LogP contribution in [0.3, 0.4) is 0 Å². The standard InChI is InChI=1S/C15H25N3O/c1-2-11-18-13(19)17-12(16)15(18)9-7-14(8-10-15)5-3-4-6-14/h2-11H2,1H3,(H2,16,17,19). The van der Waals surface area contributed by atoms with Crippen molar-refractivity contribution in [1.82, 2.24) is 4.90 Å². The highest BCUT2D eigenvalue weighted by Gasteiger charge is 2.53. The Morgan fingerprint density at radius 2 is 1.79 bits per heavy atom. The van der Waals surface area contributed by atoms with Gasteiger partial charge in [0, 0.05) is 6.54 Å². The highest BCUT2D eigenvalue weighted by atomic mass is 16.2. The van der Waals surface area contributed by atoms with Crippen molar-refractivity contribution in [2.45, 2.75) is 70.3 Å². The van der Waals surface area contributed by atoms with Gasteiger partial charge in [-0.1, -0.05) is 19.8 Å². The van der Waals surface area contributed by atoms with Crippen molar-refractivity contribution < 1.29 is 4.79 Å². The van der Waals surface area contributed by atoms with Crippen LogP contribution in [-0.2, 0) is 0 Å². The van der Waals surface area contributed by atoms with E-state index in [0.717, 1.165) is 25.8 Å². The summed E-state index contributed by atoms with van der Waals surface area (Å²) in [6, 6.07) is -0.110. The monoisotopic (exact) mass is 263 g/mol. The fourth-order valence-electron chi connectivity index (χ4n) is 4.47. The van der Waals surface area contributed by atoms with Crippen molar-refractivity contribution in [1.29, 1.82) is 0 Å². The van der Waals surface area contributed by atoms with Gasteiger partial charge in [0.1, 0.15) is 11.4 Å². The third-order valence-electron chi connectivity index (χ3n) is 5.69. The highest BCUT2D eigenvalue weighted by molar-refractivity contribution is 6.05. The van der Waals surface area contributed by atoms with Crippen LogP contribution in [0.1, 0.15) is 64.7 Å². The molecule has 3 rings (SSSR count). The lowest BCUT2D eigenvalue weighted by atomic mass is 9.65. The number of aliphatic imine (C=N–C) groups is 1. The van der Waals surface area contributed by atoms with Crippen molar-refractivity contribution in [3.8, 4) is 0 Å². The van der Waals surface area contributed by atoms with Gasteiger partial charge in [0.2, 0.25) is 0 Å². The van der Waals surface area contributed by atoms with Gasteiger partial charge in [0.25, 0.3) is 0 Å². The Hall–Kier alpha value is -1.06. The molecule has 2 aliphatic carbocycles. The zero-order chi connectivity index (χ0) is 13.5. The molecule has 0 bridgehead atoms. The summed E-state index contributed by atoms with van der Waals surface area (Å²) in [5.74, 6) is 0.582. The molecule has 0 aromatic carbocycles. The molecule has 0 aromatic heterocycles. The largest absolute Gasteiger partial charge is 0.385 e. The number of nitrogens with zero attached hydrogens (tertiary/aromatic N) is 2. The van der Waals surface area contributed by atoms with E-state index in [1.807, 2.05) is 4.90 Å². The third-order valence-corrected chi connectivity index (χ3v) is 5.69. The van der Waals surface area contributed by atoms with Crippen LogP contribution < -0.4 is 5.73 Å². The van der Waals surface area contributed by atoms with Crippen molar-refractivity contribution >= 4 is 11.9 Å². The van der Waals surface area contributed by atoms with Crippen LogP contribution >= 0.6 is 0 Å². The number of carbonyl (C=O) groups excluding carboxylic acids is 1. The van der Waals surface area contributed by atoms with Crippen LogP contribution in [0.4, 0.5) is 4.79 Å². The minimum Gasteiger partial charge on any atom is -0.385 e. The van der Waals surface area contributed by atoms with Crippen molar-refractivity contribution in [2.24, 2.45) is 16.1 Å².